The minimum Gasteiger partial charge on any atom is -0.488 e. The van der Waals surface area contributed by atoms with Gasteiger partial charge in [0.2, 0.25) is 0 Å². The second kappa shape index (κ2) is 9.75. The van der Waals surface area contributed by atoms with Crippen LogP contribution < -0.4 is 20.7 Å². The van der Waals surface area contributed by atoms with Gasteiger partial charge < -0.3 is 30.7 Å². The Morgan fingerprint density at radius 3 is 2.68 bits per heavy atom. The van der Waals surface area contributed by atoms with Crippen LogP contribution in [0.1, 0.15) is 38.1 Å². The number of carbonyl (C=O) groups is 2. The predicted octanol–water partition coefficient (Wildman–Crippen LogP) is 1.66. The highest BCUT2D eigenvalue weighted by molar-refractivity contribution is 5.99. The first-order valence-electron chi connectivity index (χ1n) is 9.71. The van der Waals surface area contributed by atoms with Crippen LogP contribution in [-0.4, -0.2) is 66.9 Å². The van der Waals surface area contributed by atoms with E-state index in [0.717, 1.165) is 0 Å². The van der Waals surface area contributed by atoms with Gasteiger partial charge >= 0.3 is 6.03 Å². The van der Waals surface area contributed by atoms with Crippen molar-refractivity contribution in [3.8, 4) is 5.75 Å². The Bertz CT molecular complexity index is 695. The largest absolute Gasteiger partial charge is 0.488 e. The summed E-state index contributed by atoms with van der Waals surface area (Å²) >= 11 is 0. The van der Waals surface area contributed by atoms with Gasteiger partial charge in [0.15, 0.2) is 0 Å². The zero-order valence-electron chi connectivity index (χ0n) is 17.3. The molecule has 1 aliphatic heterocycles. The number of aliphatic hydroxyl groups excluding tert-OH is 1. The molecule has 3 atom stereocenters. The predicted molar refractivity (Wildman–Crippen MR) is 109 cm³/mol. The lowest BCUT2D eigenvalue weighted by Gasteiger charge is -2.37. The molecule has 0 spiro atoms. The van der Waals surface area contributed by atoms with Gasteiger partial charge in [-0.3, -0.25) is 4.79 Å². The van der Waals surface area contributed by atoms with Crippen molar-refractivity contribution >= 4 is 17.6 Å². The molecule has 0 radical (unpaired) electrons. The zero-order valence-corrected chi connectivity index (χ0v) is 17.3. The summed E-state index contributed by atoms with van der Waals surface area (Å²) < 4.78 is 6.15. The smallest absolute Gasteiger partial charge is 0.319 e. The number of likely N-dealkylation sites (N-methyl/N-ethyl adjacent to an activating group) is 1. The molecule has 0 bridgehead atoms. The van der Waals surface area contributed by atoms with Crippen molar-refractivity contribution in [2.75, 3.05) is 32.1 Å². The van der Waals surface area contributed by atoms with E-state index in [1.807, 2.05) is 34.7 Å². The van der Waals surface area contributed by atoms with E-state index in [0.29, 0.717) is 30.1 Å². The minimum absolute atomic E-state index is 0.000935. The van der Waals surface area contributed by atoms with Gasteiger partial charge in [0.1, 0.15) is 11.9 Å². The summed E-state index contributed by atoms with van der Waals surface area (Å²) in [6.07, 6.45) is -0.131. The number of anilines is 1. The molecule has 3 amide bonds. The van der Waals surface area contributed by atoms with E-state index in [2.05, 4.69) is 16.0 Å². The van der Waals surface area contributed by atoms with Crippen LogP contribution in [0.25, 0.3) is 0 Å². The number of urea groups is 1. The van der Waals surface area contributed by atoms with Crippen LogP contribution in [0.2, 0.25) is 0 Å². The number of ether oxygens (including phenoxy) is 1. The molecule has 0 aliphatic carbocycles. The number of nitrogens with one attached hydrogen (secondary N) is 3. The molecular weight excluding hydrogens is 360 g/mol. The summed E-state index contributed by atoms with van der Waals surface area (Å²) in [6.45, 7) is 8.57. The van der Waals surface area contributed by atoms with Gasteiger partial charge in [-0.25, -0.2) is 4.79 Å². The maximum Gasteiger partial charge on any atom is 0.319 e. The Morgan fingerprint density at radius 1 is 1.36 bits per heavy atom. The number of hydrogen-bond acceptors (Lipinski definition) is 5. The van der Waals surface area contributed by atoms with Gasteiger partial charge in [-0.1, -0.05) is 6.92 Å². The fourth-order valence-corrected chi connectivity index (χ4v) is 3.17. The van der Waals surface area contributed by atoms with Gasteiger partial charge in [0.05, 0.1) is 18.2 Å². The maximum atomic E-state index is 13.2. The monoisotopic (exact) mass is 392 g/mol. The van der Waals surface area contributed by atoms with Crippen molar-refractivity contribution in [3.05, 3.63) is 23.8 Å². The van der Waals surface area contributed by atoms with Gasteiger partial charge in [0, 0.05) is 30.7 Å². The Hall–Kier alpha value is -2.32. The van der Waals surface area contributed by atoms with Crippen molar-refractivity contribution in [1.82, 2.24) is 15.5 Å². The fraction of sp³-hybridized carbons (Fsp3) is 0.600. The van der Waals surface area contributed by atoms with E-state index < -0.39 is 0 Å². The lowest BCUT2D eigenvalue weighted by Crippen LogP contribution is -2.49. The molecule has 8 heteroatoms. The second-order valence-corrected chi connectivity index (χ2v) is 7.64. The number of amides is 3. The maximum absolute atomic E-state index is 13.2. The molecule has 2 rings (SSSR count). The molecule has 1 aromatic carbocycles. The summed E-state index contributed by atoms with van der Waals surface area (Å²) in [7, 11) is 1.86. The van der Waals surface area contributed by atoms with Crippen molar-refractivity contribution in [1.29, 1.82) is 0 Å². The number of nitrogens with zero attached hydrogens (tertiary/aromatic N) is 1. The molecular formula is C20H32N4O4. The number of carbonyl (C=O) groups excluding carboxylic acids is 2. The van der Waals surface area contributed by atoms with E-state index >= 15 is 0 Å². The average Bonchev–Trinajstić information content (AvgIpc) is 2.63. The van der Waals surface area contributed by atoms with E-state index in [1.165, 1.54) is 0 Å². The molecule has 0 aromatic heterocycles. The molecule has 0 fully saturated rings. The third kappa shape index (κ3) is 5.36. The normalized spacial score (nSPS) is 20.7. The minimum atomic E-state index is -0.337. The summed E-state index contributed by atoms with van der Waals surface area (Å²) in [5, 5.41) is 18.3. The second-order valence-electron chi connectivity index (χ2n) is 7.64. The van der Waals surface area contributed by atoms with E-state index in [9.17, 15) is 14.7 Å². The molecule has 4 N–H and O–H groups in total. The standard InChI is InChI=1S/C20H32N4O4/c1-12(2)22-20(27)23-15-6-7-17-16(8-15)19(26)24(14(4)11-25)10-13(3)18(28-17)9-21-5/h6-8,12-14,18,21,25H,9-11H2,1-5H3,(H2,22,23,27)/t13-,14+,18+/m0/s1. The molecule has 0 saturated carbocycles. The first-order valence-corrected chi connectivity index (χ1v) is 9.71. The zero-order chi connectivity index (χ0) is 20.8. The molecule has 1 aliphatic rings. The number of hydrogen-bond donors (Lipinski definition) is 4. The lowest BCUT2D eigenvalue weighted by atomic mass is 9.99. The van der Waals surface area contributed by atoms with Crippen molar-refractivity contribution in [2.45, 2.75) is 45.9 Å². The van der Waals surface area contributed by atoms with Gasteiger partial charge in [-0.15, -0.1) is 0 Å². The summed E-state index contributed by atoms with van der Waals surface area (Å²) in [4.78, 5) is 26.9. The Kier molecular flexibility index (Phi) is 7.65. The Balaban J connectivity index is 2.39. The van der Waals surface area contributed by atoms with E-state index in [1.54, 1.807) is 23.1 Å². The first kappa shape index (κ1) is 22.0. The van der Waals surface area contributed by atoms with Crippen LogP contribution in [0.3, 0.4) is 0 Å². The van der Waals surface area contributed by atoms with Crippen molar-refractivity contribution in [2.24, 2.45) is 5.92 Å². The molecule has 0 saturated heterocycles. The van der Waals surface area contributed by atoms with Gasteiger partial charge in [0.25, 0.3) is 5.91 Å². The lowest BCUT2D eigenvalue weighted by molar-refractivity contribution is 0.0416. The van der Waals surface area contributed by atoms with Crippen LogP contribution in [0.4, 0.5) is 10.5 Å². The first-order chi connectivity index (χ1) is 13.3. The van der Waals surface area contributed by atoms with Crippen LogP contribution in [0.5, 0.6) is 5.75 Å². The van der Waals surface area contributed by atoms with Gasteiger partial charge in [-0.05, 0) is 46.0 Å². The van der Waals surface area contributed by atoms with E-state index in [4.69, 9.17) is 4.74 Å². The summed E-state index contributed by atoms with van der Waals surface area (Å²) in [6, 6.07) is 4.39. The molecule has 0 unspecified atom stereocenters. The number of aliphatic hydroxyl groups is 1. The SMILES string of the molecule is CNC[C@H]1Oc2ccc(NC(=O)NC(C)C)cc2C(=O)N([C@H](C)CO)C[C@@H]1C. The van der Waals surface area contributed by atoms with Gasteiger partial charge in [-0.2, -0.15) is 0 Å². The molecule has 28 heavy (non-hydrogen) atoms. The van der Waals surface area contributed by atoms with Crippen molar-refractivity contribution in [3.63, 3.8) is 0 Å². The van der Waals surface area contributed by atoms with Crippen LogP contribution in [-0.2, 0) is 0 Å². The van der Waals surface area contributed by atoms with E-state index in [-0.39, 0.29) is 42.7 Å². The van der Waals surface area contributed by atoms with Crippen LogP contribution in [0, 0.1) is 5.92 Å². The fourth-order valence-electron chi connectivity index (χ4n) is 3.17. The van der Waals surface area contributed by atoms with Crippen LogP contribution in [0.15, 0.2) is 18.2 Å². The highest BCUT2D eigenvalue weighted by Gasteiger charge is 2.32. The number of fused-ring (bicyclic) bond motifs is 1. The highest BCUT2D eigenvalue weighted by atomic mass is 16.5. The topological polar surface area (TPSA) is 103 Å². The summed E-state index contributed by atoms with van der Waals surface area (Å²) in [5.74, 6) is 0.328. The summed E-state index contributed by atoms with van der Waals surface area (Å²) in [5.41, 5.74) is 0.875. The Labute approximate surface area is 166 Å². The Morgan fingerprint density at radius 2 is 2.07 bits per heavy atom. The quantitative estimate of drug-likeness (QED) is 0.590. The molecule has 156 valence electrons. The molecule has 1 heterocycles. The van der Waals surface area contributed by atoms with Crippen LogP contribution >= 0.6 is 0 Å². The average molecular weight is 393 g/mol. The van der Waals surface area contributed by atoms with Crippen molar-refractivity contribution < 1.29 is 19.4 Å². The molecule has 1 aromatic rings. The molecule has 8 nitrogen and oxygen atoms in total. The number of rotatable bonds is 6. The number of benzene rings is 1. The highest BCUT2D eigenvalue weighted by Crippen LogP contribution is 2.30. The third-order valence-electron chi connectivity index (χ3n) is 4.75. The third-order valence-corrected chi connectivity index (χ3v) is 4.75.